The molecular formula is C39H60N2O12. The van der Waals surface area contributed by atoms with Crippen molar-refractivity contribution >= 4 is 12.2 Å². The summed E-state index contributed by atoms with van der Waals surface area (Å²) in [5.74, 6) is 2.90. The molecule has 14 heteroatoms. The first-order chi connectivity index (χ1) is 26.1. The van der Waals surface area contributed by atoms with Crippen molar-refractivity contribution in [2.45, 2.75) is 32.1 Å². The molecule has 1 saturated heterocycles. The monoisotopic (exact) mass is 748 g/mol. The summed E-state index contributed by atoms with van der Waals surface area (Å²) in [4.78, 5) is 5.16. The number of rotatable bonds is 28. The highest BCUT2D eigenvalue weighted by Gasteiger charge is 2.18. The number of allylic oxidation sites excluding steroid dienone is 2. The molecule has 3 rings (SSSR count). The molecule has 298 valence electrons. The zero-order valence-electron chi connectivity index (χ0n) is 32.4. The molecule has 53 heavy (non-hydrogen) atoms. The third kappa shape index (κ3) is 16.5. The van der Waals surface area contributed by atoms with Crippen LogP contribution in [0, 0.1) is 0 Å². The number of ether oxygens (including phenoxy) is 12. The summed E-state index contributed by atoms with van der Waals surface area (Å²) in [6.07, 6.45) is 13.8. The van der Waals surface area contributed by atoms with E-state index in [4.69, 9.17) is 56.8 Å². The maximum atomic E-state index is 5.78. The lowest BCUT2D eigenvalue weighted by molar-refractivity contribution is 0.0218. The normalized spacial score (nSPS) is 14.2. The Balaban J connectivity index is 1.46. The summed E-state index contributed by atoms with van der Waals surface area (Å²) >= 11 is 0. The smallest absolute Gasteiger partial charge is 0.206 e. The minimum Gasteiger partial charge on any atom is -0.463 e. The minimum atomic E-state index is 0.0527. The third-order valence-corrected chi connectivity index (χ3v) is 8.05. The summed E-state index contributed by atoms with van der Waals surface area (Å²) < 4.78 is 65.2. The Hall–Kier alpha value is -3.60. The Morgan fingerprint density at radius 3 is 1.09 bits per heavy atom. The van der Waals surface area contributed by atoms with Gasteiger partial charge in [0.1, 0.15) is 0 Å². The van der Waals surface area contributed by atoms with Gasteiger partial charge < -0.3 is 66.6 Å². The Labute approximate surface area is 315 Å². The van der Waals surface area contributed by atoms with E-state index in [9.17, 15) is 0 Å². The van der Waals surface area contributed by atoms with Gasteiger partial charge in [0.25, 0.3) is 0 Å². The number of hydrogen-bond acceptors (Lipinski definition) is 14. The van der Waals surface area contributed by atoms with E-state index in [1.165, 1.54) is 6.42 Å². The van der Waals surface area contributed by atoms with Gasteiger partial charge in [-0.15, -0.1) is 0 Å². The van der Waals surface area contributed by atoms with Crippen LogP contribution in [-0.2, 0) is 28.4 Å². The van der Waals surface area contributed by atoms with Crippen LogP contribution in [0.3, 0.4) is 0 Å². The molecule has 14 nitrogen and oxygen atoms in total. The Morgan fingerprint density at radius 2 is 0.774 bits per heavy atom. The topological polar surface area (TPSA) is 117 Å². The van der Waals surface area contributed by atoms with Gasteiger partial charge in [-0.3, -0.25) is 0 Å². The van der Waals surface area contributed by atoms with Gasteiger partial charge in [0, 0.05) is 55.7 Å². The number of nitrogens with zero attached hydrogens (tertiary/aromatic N) is 2. The molecule has 0 bridgehead atoms. The zero-order chi connectivity index (χ0) is 37.9. The Kier molecular flexibility index (Phi) is 22.4. The van der Waals surface area contributed by atoms with Crippen LogP contribution in [0.2, 0.25) is 0 Å². The van der Waals surface area contributed by atoms with E-state index in [2.05, 4.69) is 34.1 Å². The molecule has 0 radical (unpaired) electrons. The highest BCUT2D eigenvalue weighted by molar-refractivity contribution is 5.63. The van der Waals surface area contributed by atoms with Crippen molar-refractivity contribution in [2.24, 2.45) is 0 Å². The first kappa shape index (κ1) is 43.8. The maximum Gasteiger partial charge on any atom is 0.206 e. The van der Waals surface area contributed by atoms with Crippen molar-refractivity contribution in [3.63, 3.8) is 0 Å². The molecule has 1 fully saturated rings. The van der Waals surface area contributed by atoms with Gasteiger partial charge in [0.05, 0.1) is 0 Å². The Morgan fingerprint density at radius 1 is 0.453 bits per heavy atom. The van der Waals surface area contributed by atoms with Crippen molar-refractivity contribution in [1.82, 2.24) is 9.80 Å². The zero-order valence-corrected chi connectivity index (χ0v) is 32.4. The maximum absolute atomic E-state index is 5.78. The summed E-state index contributed by atoms with van der Waals surface area (Å²) in [6.45, 7) is 6.93. The first-order valence-electron chi connectivity index (χ1n) is 17.9. The highest BCUT2D eigenvalue weighted by atomic mass is 16.7. The molecule has 0 amide bonds. The molecule has 0 unspecified atom stereocenters. The van der Waals surface area contributed by atoms with E-state index in [-0.39, 0.29) is 40.8 Å². The fraction of sp³-hybridized carbons (Fsp3) is 0.590. The van der Waals surface area contributed by atoms with Gasteiger partial charge in [-0.25, -0.2) is 0 Å². The van der Waals surface area contributed by atoms with Gasteiger partial charge in [0.2, 0.25) is 11.5 Å². The highest BCUT2D eigenvalue weighted by Crippen LogP contribution is 2.40. The lowest BCUT2D eigenvalue weighted by Crippen LogP contribution is -2.31. The molecule has 0 atom stereocenters. The van der Waals surface area contributed by atoms with Crippen molar-refractivity contribution in [2.75, 3.05) is 123 Å². The average molecular weight is 749 g/mol. The van der Waals surface area contributed by atoms with E-state index < -0.39 is 0 Å². The van der Waals surface area contributed by atoms with E-state index in [1.54, 1.807) is 42.7 Å². The van der Waals surface area contributed by atoms with Gasteiger partial charge in [-0.2, -0.15) is 0 Å². The SMILES string of the molecule is COCOc1cc(C=CCCCN2CCCN(CCCC=Cc3cc(OCOC)c(OCOC)c(OCOC)c3)CC2)cc(OCOC)c1OCOC. The van der Waals surface area contributed by atoms with Crippen molar-refractivity contribution in [3.05, 3.63) is 47.5 Å². The fourth-order valence-electron chi connectivity index (χ4n) is 5.60. The molecule has 2 aromatic rings. The predicted molar refractivity (Wildman–Crippen MR) is 202 cm³/mol. The molecule has 0 N–H and O–H groups in total. The fourth-order valence-corrected chi connectivity index (χ4v) is 5.60. The largest absolute Gasteiger partial charge is 0.463 e. The second-order valence-corrected chi connectivity index (χ2v) is 12.1. The van der Waals surface area contributed by atoms with Gasteiger partial charge in [-0.1, -0.05) is 24.3 Å². The number of benzene rings is 2. The standard InChI is InChI=1S/C39H60N2O12/c1-42-26-48-34-22-32(23-35(49-27-43-2)38(34)52-30-46-5)14-9-7-11-16-40-18-13-19-41(21-20-40)17-12-8-10-15-33-24-36(50-28-44-3)39(53-31-47-6)37(25-33)51-29-45-4/h9-10,14-15,22-25H,7-8,11-13,16-21,26-31H2,1-6H3. The molecule has 1 heterocycles. The van der Waals surface area contributed by atoms with Crippen LogP contribution < -0.4 is 28.4 Å². The molecule has 2 aromatic carbocycles. The van der Waals surface area contributed by atoms with Crippen molar-refractivity contribution < 1.29 is 56.8 Å². The molecular weight excluding hydrogens is 688 g/mol. The van der Waals surface area contributed by atoms with Crippen molar-refractivity contribution in [1.29, 1.82) is 0 Å². The average Bonchev–Trinajstić information content (AvgIpc) is 3.41. The summed E-state index contributed by atoms with van der Waals surface area (Å²) in [7, 11) is 9.40. The Bertz CT molecular complexity index is 1180. The number of hydrogen-bond donors (Lipinski definition) is 0. The molecule has 0 spiro atoms. The summed E-state index contributed by atoms with van der Waals surface area (Å²) in [6, 6.07) is 7.61. The van der Waals surface area contributed by atoms with Crippen LogP contribution in [0.15, 0.2) is 36.4 Å². The molecule has 0 aromatic heterocycles. The van der Waals surface area contributed by atoms with E-state index in [0.717, 1.165) is 76.1 Å². The summed E-state index contributed by atoms with van der Waals surface area (Å²) in [5, 5.41) is 0. The van der Waals surface area contributed by atoms with Crippen LogP contribution in [0.4, 0.5) is 0 Å². The van der Waals surface area contributed by atoms with Gasteiger partial charge in [0.15, 0.2) is 63.8 Å². The van der Waals surface area contributed by atoms with Crippen LogP contribution in [-0.4, -0.2) is 132 Å². The molecule has 0 aliphatic carbocycles. The molecule has 0 saturated carbocycles. The van der Waals surface area contributed by atoms with E-state index >= 15 is 0 Å². The predicted octanol–water partition coefficient (Wildman–Crippen LogP) is 5.88. The first-order valence-corrected chi connectivity index (χ1v) is 17.9. The quantitative estimate of drug-likeness (QED) is 0.0762. The van der Waals surface area contributed by atoms with Crippen LogP contribution in [0.1, 0.15) is 43.2 Å². The third-order valence-electron chi connectivity index (χ3n) is 8.05. The minimum absolute atomic E-state index is 0.0527. The van der Waals surface area contributed by atoms with Gasteiger partial charge >= 0.3 is 0 Å². The van der Waals surface area contributed by atoms with Crippen LogP contribution >= 0.6 is 0 Å². The van der Waals surface area contributed by atoms with E-state index in [1.807, 2.05) is 24.3 Å². The number of unbranched alkanes of at least 4 members (excludes halogenated alkanes) is 2. The van der Waals surface area contributed by atoms with Gasteiger partial charge in [-0.05, 0) is 93.7 Å². The lowest BCUT2D eigenvalue weighted by atomic mass is 10.1. The van der Waals surface area contributed by atoms with Crippen LogP contribution in [0.25, 0.3) is 12.2 Å². The second kappa shape index (κ2) is 27.1. The van der Waals surface area contributed by atoms with Crippen molar-refractivity contribution in [3.8, 4) is 34.5 Å². The van der Waals surface area contributed by atoms with E-state index in [0.29, 0.717) is 34.5 Å². The molecule has 1 aliphatic heterocycles. The number of methoxy groups -OCH3 is 6. The van der Waals surface area contributed by atoms with Crippen LogP contribution in [0.5, 0.6) is 34.5 Å². The summed E-state index contributed by atoms with van der Waals surface area (Å²) in [5.41, 5.74) is 1.86. The second-order valence-electron chi connectivity index (χ2n) is 12.1. The molecule has 1 aliphatic rings. The lowest BCUT2D eigenvalue weighted by Gasteiger charge is -2.21.